The van der Waals surface area contributed by atoms with Gasteiger partial charge < -0.3 is 9.64 Å². The average molecular weight is 258 g/mol. The second-order valence-corrected chi connectivity index (χ2v) is 4.45. The summed E-state index contributed by atoms with van der Waals surface area (Å²) in [7, 11) is 3.39. The van der Waals surface area contributed by atoms with E-state index in [0.717, 1.165) is 23.9 Å². The van der Waals surface area contributed by atoms with E-state index in [0.29, 0.717) is 11.4 Å². The van der Waals surface area contributed by atoms with Crippen LogP contribution in [-0.4, -0.2) is 36.5 Å². The molecule has 2 aromatic rings. The van der Waals surface area contributed by atoms with Crippen LogP contribution in [0.3, 0.4) is 0 Å². The number of fused-ring (bicyclic) bond motifs is 1. The molecule has 0 aliphatic carbocycles. The largest absolute Gasteiger partial charge is 0.496 e. The first-order valence-electron chi connectivity index (χ1n) is 6.36. The number of aromatic nitrogens is 1. The molecule has 0 saturated heterocycles. The standard InChI is InChI=1S/C15H18N2O2/c1-4-9-17(2)15(18)13-10-14(19-3)11-7-5-6-8-12(11)16-13/h5-8,10H,4,9H2,1-3H3. The van der Waals surface area contributed by atoms with E-state index >= 15 is 0 Å². The fourth-order valence-corrected chi connectivity index (χ4v) is 2.05. The van der Waals surface area contributed by atoms with Gasteiger partial charge in [-0.15, -0.1) is 0 Å². The number of carbonyl (C=O) groups excluding carboxylic acids is 1. The third kappa shape index (κ3) is 2.67. The van der Waals surface area contributed by atoms with Crippen LogP contribution in [0, 0.1) is 0 Å². The topological polar surface area (TPSA) is 42.4 Å². The minimum Gasteiger partial charge on any atom is -0.496 e. The van der Waals surface area contributed by atoms with Crippen molar-refractivity contribution < 1.29 is 9.53 Å². The predicted octanol–water partition coefficient (Wildman–Crippen LogP) is 2.73. The fourth-order valence-electron chi connectivity index (χ4n) is 2.05. The highest BCUT2D eigenvalue weighted by molar-refractivity contribution is 5.96. The van der Waals surface area contributed by atoms with Gasteiger partial charge in [0.15, 0.2) is 0 Å². The average Bonchev–Trinajstić information content (AvgIpc) is 2.45. The molecule has 0 unspecified atom stereocenters. The minimum atomic E-state index is -0.0779. The Morgan fingerprint density at radius 3 is 2.79 bits per heavy atom. The molecule has 0 N–H and O–H groups in total. The van der Waals surface area contributed by atoms with Crippen molar-refractivity contribution in [2.75, 3.05) is 20.7 Å². The lowest BCUT2D eigenvalue weighted by atomic mass is 10.1. The monoisotopic (exact) mass is 258 g/mol. The van der Waals surface area contributed by atoms with E-state index in [1.807, 2.05) is 31.2 Å². The van der Waals surface area contributed by atoms with Gasteiger partial charge in [-0.25, -0.2) is 4.98 Å². The Hall–Kier alpha value is -2.10. The van der Waals surface area contributed by atoms with Gasteiger partial charge in [0.1, 0.15) is 11.4 Å². The maximum absolute atomic E-state index is 12.3. The first-order valence-corrected chi connectivity index (χ1v) is 6.36. The van der Waals surface area contributed by atoms with Crippen LogP contribution in [0.2, 0.25) is 0 Å². The van der Waals surface area contributed by atoms with Crippen LogP contribution < -0.4 is 4.74 Å². The molecular formula is C15H18N2O2. The number of carbonyl (C=O) groups is 1. The first-order chi connectivity index (χ1) is 9.17. The van der Waals surface area contributed by atoms with E-state index in [4.69, 9.17) is 4.74 Å². The third-order valence-electron chi connectivity index (χ3n) is 3.02. The Bertz CT molecular complexity index is 596. The van der Waals surface area contributed by atoms with Crippen LogP contribution in [0.1, 0.15) is 23.8 Å². The lowest BCUT2D eigenvalue weighted by Crippen LogP contribution is -2.28. The molecule has 19 heavy (non-hydrogen) atoms. The van der Waals surface area contributed by atoms with Gasteiger partial charge >= 0.3 is 0 Å². The second kappa shape index (κ2) is 5.69. The Morgan fingerprint density at radius 2 is 2.11 bits per heavy atom. The van der Waals surface area contributed by atoms with Crippen molar-refractivity contribution in [3.63, 3.8) is 0 Å². The molecule has 0 aliphatic heterocycles. The van der Waals surface area contributed by atoms with Crippen LogP contribution >= 0.6 is 0 Å². The van der Waals surface area contributed by atoms with Gasteiger partial charge in [-0.05, 0) is 18.6 Å². The number of methoxy groups -OCH3 is 1. The molecule has 2 rings (SSSR count). The number of amides is 1. The molecule has 1 aromatic heterocycles. The summed E-state index contributed by atoms with van der Waals surface area (Å²) in [6, 6.07) is 9.35. The Balaban J connectivity index is 2.47. The van der Waals surface area contributed by atoms with Crippen LogP contribution in [0.5, 0.6) is 5.75 Å². The van der Waals surface area contributed by atoms with E-state index < -0.39 is 0 Å². The number of nitrogens with zero attached hydrogens (tertiary/aromatic N) is 2. The second-order valence-electron chi connectivity index (χ2n) is 4.45. The van der Waals surface area contributed by atoms with E-state index in [1.165, 1.54) is 0 Å². The molecule has 0 saturated carbocycles. The SMILES string of the molecule is CCCN(C)C(=O)c1cc(OC)c2ccccc2n1. The molecule has 4 nitrogen and oxygen atoms in total. The Kier molecular flexibility index (Phi) is 4.00. The summed E-state index contributed by atoms with van der Waals surface area (Å²) in [5.74, 6) is 0.602. The van der Waals surface area contributed by atoms with Crippen LogP contribution in [0.25, 0.3) is 10.9 Å². The summed E-state index contributed by atoms with van der Waals surface area (Å²) >= 11 is 0. The number of benzene rings is 1. The quantitative estimate of drug-likeness (QED) is 0.846. The van der Waals surface area contributed by atoms with Gasteiger partial charge in [-0.1, -0.05) is 19.1 Å². The highest BCUT2D eigenvalue weighted by Crippen LogP contribution is 2.25. The van der Waals surface area contributed by atoms with Crippen LogP contribution in [-0.2, 0) is 0 Å². The zero-order valence-corrected chi connectivity index (χ0v) is 11.5. The number of hydrogen-bond donors (Lipinski definition) is 0. The number of para-hydroxylation sites is 1. The van der Waals surface area contributed by atoms with Crippen LogP contribution in [0.4, 0.5) is 0 Å². The predicted molar refractivity (Wildman–Crippen MR) is 75.5 cm³/mol. The molecule has 0 bridgehead atoms. The molecule has 1 amide bonds. The van der Waals surface area contributed by atoms with Crippen molar-refractivity contribution in [2.24, 2.45) is 0 Å². The van der Waals surface area contributed by atoms with Crippen molar-refractivity contribution in [1.82, 2.24) is 9.88 Å². The van der Waals surface area contributed by atoms with Gasteiger partial charge in [0, 0.05) is 25.0 Å². The summed E-state index contributed by atoms with van der Waals surface area (Å²) < 4.78 is 5.35. The normalized spacial score (nSPS) is 10.5. The number of rotatable bonds is 4. The molecule has 0 atom stereocenters. The number of ether oxygens (including phenoxy) is 1. The molecule has 0 aliphatic rings. The fraction of sp³-hybridized carbons (Fsp3) is 0.333. The highest BCUT2D eigenvalue weighted by Gasteiger charge is 2.15. The van der Waals surface area contributed by atoms with Crippen molar-refractivity contribution in [1.29, 1.82) is 0 Å². The van der Waals surface area contributed by atoms with Crippen molar-refractivity contribution in [3.8, 4) is 5.75 Å². The van der Waals surface area contributed by atoms with Crippen LogP contribution in [0.15, 0.2) is 30.3 Å². The Morgan fingerprint density at radius 1 is 1.37 bits per heavy atom. The van der Waals surface area contributed by atoms with Crippen molar-refractivity contribution in [2.45, 2.75) is 13.3 Å². The van der Waals surface area contributed by atoms with Gasteiger partial charge in [-0.3, -0.25) is 4.79 Å². The summed E-state index contributed by atoms with van der Waals surface area (Å²) in [6.07, 6.45) is 0.924. The zero-order chi connectivity index (χ0) is 13.8. The molecule has 1 aromatic carbocycles. The minimum absolute atomic E-state index is 0.0779. The third-order valence-corrected chi connectivity index (χ3v) is 3.02. The molecular weight excluding hydrogens is 240 g/mol. The first kappa shape index (κ1) is 13.3. The van der Waals surface area contributed by atoms with E-state index in [1.54, 1.807) is 25.1 Å². The summed E-state index contributed by atoms with van der Waals surface area (Å²) in [5, 5.41) is 0.916. The lowest BCUT2D eigenvalue weighted by molar-refractivity contribution is 0.0789. The van der Waals surface area contributed by atoms with Gasteiger partial charge in [0.05, 0.1) is 12.6 Å². The van der Waals surface area contributed by atoms with Crippen molar-refractivity contribution >= 4 is 16.8 Å². The zero-order valence-electron chi connectivity index (χ0n) is 11.5. The smallest absolute Gasteiger partial charge is 0.272 e. The van der Waals surface area contributed by atoms with Crippen molar-refractivity contribution in [3.05, 3.63) is 36.0 Å². The molecule has 1 heterocycles. The molecule has 0 radical (unpaired) electrons. The van der Waals surface area contributed by atoms with E-state index in [9.17, 15) is 4.79 Å². The van der Waals surface area contributed by atoms with Gasteiger partial charge in [0.25, 0.3) is 5.91 Å². The maximum Gasteiger partial charge on any atom is 0.272 e. The molecule has 4 heteroatoms. The summed E-state index contributed by atoms with van der Waals surface area (Å²) in [4.78, 5) is 18.3. The number of hydrogen-bond acceptors (Lipinski definition) is 3. The summed E-state index contributed by atoms with van der Waals surface area (Å²) in [6.45, 7) is 2.76. The Labute approximate surface area is 113 Å². The van der Waals surface area contributed by atoms with E-state index in [-0.39, 0.29) is 5.91 Å². The van der Waals surface area contributed by atoms with E-state index in [2.05, 4.69) is 4.98 Å². The molecule has 100 valence electrons. The molecule has 0 fully saturated rings. The highest BCUT2D eigenvalue weighted by atomic mass is 16.5. The number of pyridine rings is 1. The maximum atomic E-state index is 12.3. The lowest BCUT2D eigenvalue weighted by Gasteiger charge is -2.16. The van der Waals surface area contributed by atoms with Gasteiger partial charge in [-0.2, -0.15) is 0 Å². The molecule has 0 spiro atoms. The summed E-state index contributed by atoms with van der Waals surface area (Å²) in [5.41, 5.74) is 1.20. The van der Waals surface area contributed by atoms with Gasteiger partial charge in [0.2, 0.25) is 0 Å².